The van der Waals surface area contributed by atoms with Crippen LogP contribution in [0.15, 0.2) is 6.58 Å². The van der Waals surface area contributed by atoms with Crippen molar-refractivity contribution in [2.75, 3.05) is 0 Å². The van der Waals surface area contributed by atoms with Crippen LogP contribution in [0.3, 0.4) is 0 Å². The van der Waals surface area contributed by atoms with Gasteiger partial charge in [0.05, 0.1) is 0 Å². The molecule has 0 unspecified atom stereocenters. The molecule has 0 atom stereocenters. The molecule has 3 nitrogen and oxygen atoms in total. The molecule has 3 heteroatoms. The van der Waals surface area contributed by atoms with E-state index in [0.29, 0.717) is 12.0 Å². The van der Waals surface area contributed by atoms with Gasteiger partial charge in [-0.1, -0.05) is 6.58 Å². The minimum Gasteiger partial charge on any atom is -0.247 e. The van der Waals surface area contributed by atoms with Crippen LogP contribution in [0.4, 0.5) is 0 Å². The summed E-state index contributed by atoms with van der Waals surface area (Å²) in [5.41, 5.74) is 0. The highest BCUT2D eigenvalue weighted by Crippen LogP contribution is 2.39. The Bertz CT molecular complexity index is 301. The van der Waals surface area contributed by atoms with Gasteiger partial charge in [0.15, 0.2) is 5.82 Å². The lowest BCUT2D eigenvalue weighted by Crippen LogP contribution is -2.07. The molecule has 0 saturated heterocycles. The van der Waals surface area contributed by atoms with Crippen LogP contribution < -0.4 is 0 Å². The molecule has 0 aliphatic heterocycles. The zero-order valence-corrected chi connectivity index (χ0v) is 8.20. The van der Waals surface area contributed by atoms with E-state index in [1.165, 1.54) is 12.8 Å². The molecule has 1 aliphatic carbocycles. The standard InChI is InChI=1S/C10H15N3/c1-4-9-11-10(8-5-6-8)13(12-9)7(2)3/h4,7-8H,1,5-6H2,2-3H3. The molecule has 1 aliphatic rings. The summed E-state index contributed by atoms with van der Waals surface area (Å²) in [4.78, 5) is 4.45. The summed E-state index contributed by atoms with van der Waals surface area (Å²) < 4.78 is 2.02. The van der Waals surface area contributed by atoms with Crippen molar-refractivity contribution in [1.29, 1.82) is 0 Å². The summed E-state index contributed by atoms with van der Waals surface area (Å²) >= 11 is 0. The third kappa shape index (κ3) is 1.50. The highest BCUT2D eigenvalue weighted by Gasteiger charge is 2.30. The molecule has 1 saturated carbocycles. The normalized spacial score (nSPS) is 16.5. The lowest BCUT2D eigenvalue weighted by Gasteiger charge is -2.07. The summed E-state index contributed by atoms with van der Waals surface area (Å²) in [6.45, 7) is 7.95. The van der Waals surface area contributed by atoms with E-state index in [1.807, 2.05) is 4.68 Å². The van der Waals surface area contributed by atoms with Crippen LogP contribution in [0.25, 0.3) is 6.08 Å². The maximum Gasteiger partial charge on any atom is 0.173 e. The first-order chi connectivity index (χ1) is 6.22. The average molecular weight is 177 g/mol. The zero-order valence-electron chi connectivity index (χ0n) is 8.20. The van der Waals surface area contributed by atoms with Gasteiger partial charge in [0.1, 0.15) is 5.82 Å². The molecule has 13 heavy (non-hydrogen) atoms. The van der Waals surface area contributed by atoms with Crippen LogP contribution >= 0.6 is 0 Å². The summed E-state index contributed by atoms with van der Waals surface area (Å²) in [6.07, 6.45) is 4.24. The molecular formula is C10H15N3. The Hall–Kier alpha value is -1.12. The fourth-order valence-corrected chi connectivity index (χ4v) is 1.44. The van der Waals surface area contributed by atoms with Crippen LogP contribution in [0.2, 0.25) is 0 Å². The van der Waals surface area contributed by atoms with Crippen molar-refractivity contribution in [3.8, 4) is 0 Å². The van der Waals surface area contributed by atoms with Crippen LogP contribution in [-0.4, -0.2) is 14.8 Å². The van der Waals surface area contributed by atoms with Gasteiger partial charge in [-0.2, -0.15) is 5.10 Å². The fourth-order valence-electron chi connectivity index (χ4n) is 1.44. The molecule has 1 aromatic heterocycles. The number of aromatic nitrogens is 3. The first kappa shape index (κ1) is 8.48. The lowest BCUT2D eigenvalue weighted by atomic mass is 10.3. The highest BCUT2D eigenvalue weighted by atomic mass is 15.4. The van der Waals surface area contributed by atoms with Gasteiger partial charge in [0.2, 0.25) is 0 Å². The van der Waals surface area contributed by atoms with Gasteiger partial charge in [0, 0.05) is 12.0 Å². The smallest absolute Gasteiger partial charge is 0.173 e. The second kappa shape index (κ2) is 2.98. The Morgan fingerprint density at radius 1 is 1.54 bits per heavy atom. The Morgan fingerprint density at radius 2 is 2.23 bits per heavy atom. The van der Waals surface area contributed by atoms with Crippen molar-refractivity contribution in [3.05, 3.63) is 18.2 Å². The van der Waals surface area contributed by atoms with E-state index in [0.717, 1.165) is 11.6 Å². The third-order valence-electron chi connectivity index (χ3n) is 2.29. The highest BCUT2D eigenvalue weighted by molar-refractivity contribution is 5.35. The first-order valence-corrected chi connectivity index (χ1v) is 4.81. The number of hydrogen-bond acceptors (Lipinski definition) is 2. The lowest BCUT2D eigenvalue weighted by molar-refractivity contribution is 0.505. The number of rotatable bonds is 3. The van der Waals surface area contributed by atoms with Crippen LogP contribution in [0.1, 0.15) is 50.3 Å². The number of nitrogens with zero attached hydrogens (tertiary/aromatic N) is 3. The predicted molar refractivity (Wildman–Crippen MR) is 52.5 cm³/mol. The third-order valence-corrected chi connectivity index (χ3v) is 2.29. The molecule has 1 aromatic rings. The molecule has 0 amide bonds. The molecule has 2 rings (SSSR count). The molecule has 0 N–H and O–H groups in total. The van der Waals surface area contributed by atoms with E-state index >= 15 is 0 Å². The Morgan fingerprint density at radius 3 is 2.69 bits per heavy atom. The maximum absolute atomic E-state index is 4.45. The second-order valence-electron chi connectivity index (χ2n) is 3.84. The minimum absolute atomic E-state index is 0.400. The van der Waals surface area contributed by atoms with Crippen molar-refractivity contribution in [2.45, 2.75) is 38.6 Å². The Kier molecular flexibility index (Phi) is 1.94. The molecule has 1 heterocycles. The van der Waals surface area contributed by atoms with Gasteiger partial charge in [-0.3, -0.25) is 0 Å². The SMILES string of the molecule is C=Cc1nc(C2CC2)n(C(C)C)n1. The largest absolute Gasteiger partial charge is 0.247 e. The van der Waals surface area contributed by atoms with Gasteiger partial charge in [-0.05, 0) is 32.8 Å². The van der Waals surface area contributed by atoms with E-state index in [9.17, 15) is 0 Å². The van der Waals surface area contributed by atoms with Crippen LogP contribution in [-0.2, 0) is 0 Å². The van der Waals surface area contributed by atoms with Crippen molar-refractivity contribution in [3.63, 3.8) is 0 Å². The summed E-state index contributed by atoms with van der Waals surface area (Å²) in [5, 5.41) is 4.38. The monoisotopic (exact) mass is 177 g/mol. The van der Waals surface area contributed by atoms with Crippen molar-refractivity contribution in [1.82, 2.24) is 14.8 Å². The molecule has 70 valence electrons. The average Bonchev–Trinajstić information content (AvgIpc) is 2.84. The molecular weight excluding hydrogens is 162 g/mol. The van der Waals surface area contributed by atoms with Crippen molar-refractivity contribution >= 4 is 6.08 Å². The van der Waals surface area contributed by atoms with E-state index in [2.05, 4.69) is 30.5 Å². The number of hydrogen-bond donors (Lipinski definition) is 0. The molecule has 0 bridgehead atoms. The van der Waals surface area contributed by atoms with E-state index in [4.69, 9.17) is 0 Å². The minimum atomic E-state index is 0.400. The van der Waals surface area contributed by atoms with Gasteiger partial charge in [-0.15, -0.1) is 0 Å². The zero-order chi connectivity index (χ0) is 9.42. The topological polar surface area (TPSA) is 30.7 Å². The Balaban J connectivity index is 2.38. The van der Waals surface area contributed by atoms with E-state index < -0.39 is 0 Å². The van der Waals surface area contributed by atoms with Gasteiger partial charge < -0.3 is 0 Å². The van der Waals surface area contributed by atoms with Crippen molar-refractivity contribution in [2.24, 2.45) is 0 Å². The van der Waals surface area contributed by atoms with Crippen LogP contribution in [0, 0.1) is 0 Å². The van der Waals surface area contributed by atoms with Crippen LogP contribution in [0.5, 0.6) is 0 Å². The summed E-state index contributed by atoms with van der Waals surface area (Å²) in [6, 6.07) is 0.400. The molecule has 0 aromatic carbocycles. The van der Waals surface area contributed by atoms with Gasteiger partial charge >= 0.3 is 0 Å². The predicted octanol–water partition coefficient (Wildman–Crippen LogP) is 2.38. The molecule has 0 radical (unpaired) electrons. The maximum atomic E-state index is 4.45. The fraction of sp³-hybridized carbons (Fsp3) is 0.600. The Labute approximate surface area is 78.5 Å². The first-order valence-electron chi connectivity index (χ1n) is 4.81. The second-order valence-corrected chi connectivity index (χ2v) is 3.84. The quantitative estimate of drug-likeness (QED) is 0.709. The van der Waals surface area contributed by atoms with Gasteiger partial charge in [0.25, 0.3) is 0 Å². The van der Waals surface area contributed by atoms with Gasteiger partial charge in [-0.25, -0.2) is 9.67 Å². The summed E-state index contributed by atoms with van der Waals surface area (Å²) in [7, 11) is 0. The molecule has 0 spiro atoms. The van der Waals surface area contributed by atoms with Crippen molar-refractivity contribution < 1.29 is 0 Å². The van der Waals surface area contributed by atoms with E-state index in [-0.39, 0.29) is 0 Å². The summed E-state index contributed by atoms with van der Waals surface area (Å²) in [5.74, 6) is 2.56. The molecule has 1 fully saturated rings. The van der Waals surface area contributed by atoms with E-state index in [1.54, 1.807) is 6.08 Å².